The van der Waals surface area contributed by atoms with Gasteiger partial charge in [0.1, 0.15) is 11.3 Å². The number of hydrazine groups is 1. The number of carbonyl (C=O) groups excluding carboxylic acids is 2. The molecule has 2 N–H and O–H groups in total. The largest absolute Gasteiger partial charge is 0.482 e. The predicted molar refractivity (Wildman–Crippen MR) is 101 cm³/mol. The zero-order valence-electron chi connectivity index (χ0n) is 13.4. The molecule has 10 heteroatoms. The van der Waals surface area contributed by atoms with E-state index >= 15 is 0 Å². The van der Waals surface area contributed by atoms with Crippen LogP contribution < -0.4 is 15.6 Å². The minimum atomic E-state index is -0.799. The Morgan fingerprint density at radius 3 is 2.54 bits per heavy atom. The van der Waals surface area contributed by atoms with E-state index in [1.54, 1.807) is 6.07 Å². The number of aryl methyl sites for hydroxylation is 1. The van der Waals surface area contributed by atoms with E-state index in [0.717, 1.165) is 10.0 Å². The summed E-state index contributed by atoms with van der Waals surface area (Å²) in [5.41, 5.74) is 4.57. The number of hydrogen-bond donors (Lipinski definition) is 2. The van der Waals surface area contributed by atoms with Crippen molar-refractivity contribution in [3.8, 4) is 5.75 Å². The van der Waals surface area contributed by atoms with Gasteiger partial charge in [-0.25, -0.2) is 0 Å². The summed E-state index contributed by atoms with van der Waals surface area (Å²) in [5, 5.41) is 10.9. The molecule has 26 heavy (non-hydrogen) atoms. The third kappa shape index (κ3) is 5.02. The number of nitrogens with one attached hydrogen (secondary N) is 2. The maximum atomic E-state index is 12.0. The zero-order valence-corrected chi connectivity index (χ0v) is 16.6. The van der Waals surface area contributed by atoms with Crippen LogP contribution in [-0.4, -0.2) is 23.3 Å². The second-order valence-electron chi connectivity index (χ2n) is 5.10. The maximum absolute atomic E-state index is 12.0. The standard InChI is InChI=1S/C16H13Br2N3O5/c1-9-6-10(17)7-12(18)15(9)26-8-14(22)19-20-16(23)11-4-2-3-5-13(11)21(24)25/h2-7H,8H2,1H3,(H,19,22)(H,20,23). The van der Waals surface area contributed by atoms with Crippen LogP contribution in [0, 0.1) is 17.0 Å². The molecule has 0 fully saturated rings. The fourth-order valence-electron chi connectivity index (χ4n) is 2.06. The number of benzene rings is 2. The summed E-state index contributed by atoms with van der Waals surface area (Å²) in [5.74, 6) is -0.925. The van der Waals surface area contributed by atoms with Crippen LogP contribution in [0.25, 0.3) is 0 Å². The normalized spacial score (nSPS) is 10.1. The summed E-state index contributed by atoms with van der Waals surface area (Å²) in [6.07, 6.45) is 0. The van der Waals surface area contributed by atoms with Gasteiger partial charge in [-0.3, -0.25) is 30.6 Å². The van der Waals surface area contributed by atoms with Crippen molar-refractivity contribution in [1.29, 1.82) is 0 Å². The van der Waals surface area contributed by atoms with E-state index in [9.17, 15) is 19.7 Å². The number of nitro benzene ring substituents is 1. The summed E-state index contributed by atoms with van der Waals surface area (Å²) in [4.78, 5) is 34.1. The molecule has 0 heterocycles. The Morgan fingerprint density at radius 2 is 1.88 bits per heavy atom. The van der Waals surface area contributed by atoms with Crippen molar-refractivity contribution < 1.29 is 19.2 Å². The van der Waals surface area contributed by atoms with E-state index in [1.807, 2.05) is 13.0 Å². The van der Waals surface area contributed by atoms with Crippen molar-refractivity contribution in [2.45, 2.75) is 6.92 Å². The summed E-state index contributed by atoms with van der Waals surface area (Å²) in [7, 11) is 0. The average Bonchev–Trinajstić information content (AvgIpc) is 2.58. The fourth-order valence-corrected chi connectivity index (χ4v) is 3.62. The quantitative estimate of drug-likeness (QED) is 0.497. The number of amides is 2. The molecule has 0 aliphatic rings. The van der Waals surface area contributed by atoms with Gasteiger partial charge < -0.3 is 4.74 Å². The molecule has 2 amide bonds. The minimum Gasteiger partial charge on any atom is -0.482 e. The van der Waals surface area contributed by atoms with E-state index in [4.69, 9.17) is 4.74 Å². The van der Waals surface area contributed by atoms with Crippen LogP contribution in [0.15, 0.2) is 45.3 Å². The molecule has 0 saturated carbocycles. The van der Waals surface area contributed by atoms with Crippen LogP contribution in [0.2, 0.25) is 0 Å². The van der Waals surface area contributed by atoms with Gasteiger partial charge in [-0.05, 0) is 46.6 Å². The van der Waals surface area contributed by atoms with Crippen LogP contribution in [0.4, 0.5) is 5.69 Å². The Hall–Kier alpha value is -2.46. The predicted octanol–water partition coefficient (Wildman–Crippen LogP) is 3.27. The van der Waals surface area contributed by atoms with E-state index in [-0.39, 0.29) is 17.9 Å². The molecule has 2 rings (SSSR count). The summed E-state index contributed by atoms with van der Waals surface area (Å²) in [6.45, 7) is 1.47. The highest BCUT2D eigenvalue weighted by atomic mass is 79.9. The Kier molecular flexibility index (Phi) is 6.70. The molecular formula is C16H13Br2N3O5. The van der Waals surface area contributed by atoms with Crippen LogP contribution in [0.3, 0.4) is 0 Å². The Morgan fingerprint density at radius 1 is 1.19 bits per heavy atom. The molecule has 0 aromatic heterocycles. The molecular weight excluding hydrogens is 474 g/mol. The Labute approximate surface area is 165 Å². The fraction of sp³-hybridized carbons (Fsp3) is 0.125. The lowest BCUT2D eigenvalue weighted by atomic mass is 10.2. The number of hydrogen-bond acceptors (Lipinski definition) is 5. The first-order chi connectivity index (χ1) is 12.3. The molecule has 2 aromatic carbocycles. The van der Waals surface area contributed by atoms with E-state index in [1.165, 1.54) is 24.3 Å². The third-order valence-electron chi connectivity index (χ3n) is 3.20. The van der Waals surface area contributed by atoms with Crippen LogP contribution in [0.5, 0.6) is 5.75 Å². The first kappa shape index (κ1) is 19.9. The molecule has 2 aromatic rings. The minimum absolute atomic E-state index is 0.162. The maximum Gasteiger partial charge on any atom is 0.282 e. The van der Waals surface area contributed by atoms with Gasteiger partial charge in [0.15, 0.2) is 6.61 Å². The first-order valence-corrected chi connectivity index (χ1v) is 8.79. The molecule has 0 aliphatic heterocycles. The number of carbonyl (C=O) groups is 2. The van der Waals surface area contributed by atoms with Gasteiger partial charge in [0.05, 0.1) is 9.40 Å². The van der Waals surface area contributed by atoms with E-state index in [0.29, 0.717) is 10.2 Å². The van der Waals surface area contributed by atoms with Gasteiger partial charge in [0.25, 0.3) is 17.5 Å². The first-order valence-electron chi connectivity index (χ1n) is 7.20. The molecule has 8 nitrogen and oxygen atoms in total. The van der Waals surface area contributed by atoms with Crippen LogP contribution in [-0.2, 0) is 4.79 Å². The molecule has 0 bridgehead atoms. The highest BCUT2D eigenvalue weighted by Gasteiger charge is 2.19. The van der Waals surface area contributed by atoms with Crippen molar-refractivity contribution in [2.75, 3.05) is 6.61 Å². The molecule has 0 radical (unpaired) electrons. The highest BCUT2D eigenvalue weighted by Crippen LogP contribution is 2.32. The van der Waals surface area contributed by atoms with Gasteiger partial charge >= 0.3 is 0 Å². The molecule has 0 unspecified atom stereocenters. The summed E-state index contributed by atoms with van der Waals surface area (Å²) >= 11 is 6.69. The lowest BCUT2D eigenvalue weighted by molar-refractivity contribution is -0.385. The average molecular weight is 487 g/mol. The molecule has 0 atom stereocenters. The number of ether oxygens (including phenoxy) is 1. The zero-order chi connectivity index (χ0) is 19.3. The van der Waals surface area contributed by atoms with Gasteiger partial charge in [-0.1, -0.05) is 28.1 Å². The lowest BCUT2D eigenvalue weighted by Gasteiger charge is -2.12. The number of halogens is 2. The van der Waals surface area contributed by atoms with Gasteiger partial charge in [-0.15, -0.1) is 0 Å². The number of para-hydroxylation sites is 1. The van der Waals surface area contributed by atoms with Gasteiger partial charge in [0, 0.05) is 10.5 Å². The second kappa shape index (κ2) is 8.77. The van der Waals surface area contributed by atoms with Crippen LogP contribution >= 0.6 is 31.9 Å². The van der Waals surface area contributed by atoms with Gasteiger partial charge in [-0.2, -0.15) is 0 Å². The van der Waals surface area contributed by atoms with Crippen molar-refractivity contribution in [1.82, 2.24) is 10.9 Å². The number of nitro groups is 1. The van der Waals surface area contributed by atoms with Crippen molar-refractivity contribution in [2.24, 2.45) is 0 Å². The molecule has 0 saturated heterocycles. The summed E-state index contributed by atoms with van der Waals surface area (Å²) in [6, 6.07) is 9.03. The van der Waals surface area contributed by atoms with Crippen LogP contribution in [0.1, 0.15) is 15.9 Å². The molecule has 0 aliphatic carbocycles. The monoisotopic (exact) mass is 485 g/mol. The smallest absolute Gasteiger partial charge is 0.282 e. The second-order valence-corrected chi connectivity index (χ2v) is 6.87. The topological polar surface area (TPSA) is 111 Å². The summed E-state index contributed by atoms with van der Waals surface area (Å²) < 4.78 is 6.97. The third-order valence-corrected chi connectivity index (χ3v) is 4.25. The molecule has 136 valence electrons. The SMILES string of the molecule is Cc1cc(Br)cc(Br)c1OCC(=O)NNC(=O)c1ccccc1[N+](=O)[O-]. The van der Waals surface area contributed by atoms with E-state index < -0.39 is 16.7 Å². The number of rotatable bonds is 5. The lowest BCUT2D eigenvalue weighted by Crippen LogP contribution is -2.44. The van der Waals surface area contributed by atoms with Gasteiger partial charge in [0.2, 0.25) is 0 Å². The Balaban J connectivity index is 1.94. The highest BCUT2D eigenvalue weighted by molar-refractivity contribution is 9.11. The van der Waals surface area contributed by atoms with Crippen molar-refractivity contribution in [3.05, 3.63) is 66.6 Å². The van der Waals surface area contributed by atoms with E-state index in [2.05, 4.69) is 42.7 Å². The van der Waals surface area contributed by atoms with Crippen molar-refractivity contribution in [3.63, 3.8) is 0 Å². The molecule has 0 spiro atoms. The number of nitrogens with zero attached hydrogens (tertiary/aromatic N) is 1. The van der Waals surface area contributed by atoms with Crippen molar-refractivity contribution >= 4 is 49.4 Å². The Bertz CT molecular complexity index is 850.